The average Bonchev–Trinajstić information content (AvgIpc) is 3.21. The summed E-state index contributed by atoms with van der Waals surface area (Å²) in [5, 5.41) is 9.76. The fourth-order valence-electron chi connectivity index (χ4n) is 3.79. The molecule has 1 aliphatic carbocycles. The molecular formula is C20H21ClF4N4O4. The van der Waals surface area contributed by atoms with Gasteiger partial charge in [0.25, 0.3) is 5.91 Å². The van der Waals surface area contributed by atoms with Crippen molar-refractivity contribution in [1.82, 2.24) is 20.6 Å². The SMILES string of the molecule is O=C(COc1ccc(Cl)c(F)c1)NN1CCC(c2nnc([C@H]3C[C@@H](OC(F)(F)F)C3)o2)CC1. The Labute approximate surface area is 191 Å². The standard InChI is InChI=1S/C20H21ClF4N4O4/c21-15-2-1-13(9-16(15)22)31-10-17(30)28-29-5-3-11(4-6-29)18-26-27-19(32-18)12-7-14(8-12)33-20(23,24)25/h1-2,9,11-12,14H,3-8,10H2,(H,28,30)/t12-,14+. The Morgan fingerprint density at radius 2 is 1.85 bits per heavy atom. The van der Waals surface area contributed by atoms with Gasteiger partial charge in [0.2, 0.25) is 11.8 Å². The van der Waals surface area contributed by atoms with Gasteiger partial charge in [0, 0.05) is 31.0 Å². The summed E-state index contributed by atoms with van der Waals surface area (Å²) < 4.78 is 65.1. The van der Waals surface area contributed by atoms with Crippen molar-refractivity contribution >= 4 is 17.5 Å². The number of nitrogens with one attached hydrogen (secondary N) is 1. The molecule has 2 fully saturated rings. The Morgan fingerprint density at radius 3 is 2.48 bits per heavy atom. The number of carbonyl (C=O) groups is 1. The summed E-state index contributed by atoms with van der Waals surface area (Å²) in [6.45, 7) is 0.789. The summed E-state index contributed by atoms with van der Waals surface area (Å²) in [5.74, 6) is -0.275. The monoisotopic (exact) mass is 492 g/mol. The predicted octanol–water partition coefficient (Wildman–Crippen LogP) is 3.93. The Kier molecular flexibility index (Phi) is 7.05. The van der Waals surface area contributed by atoms with Gasteiger partial charge < -0.3 is 9.15 Å². The molecule has 1 aliphatic heterocycles. The molecule has 1 aromatic carbocycles. The van der Waals surface area contributed by atoms with Crippen LogP contribution in [0, 0.1) is 5.82 Å². The van der Waals surface area contributed by atoms with Crippen molar-refractivity contribution in [1.29, 1.82) is 0 Å². The highest BCUT2D eigenvalue weighted by atomic mass is 35.5. The molecule has 0 unspecified atom stereocenters. The maximum absolute atomic E-state index is 13.4. The zero-order valence-corrected chi connectivity index (χ0v) is 18.0. The van der Waals surface area contributed by atoms with Gasteiger partial charge in [0.05, 0.1) is 11.1 Å². The average molecular weight is 493 g/mol. The van der Waals surface area contributed by atoms with Crippen LogP contribution in [0.1, 0.15) is 49.3 Å². The zero-order chi connectivity index (χ0) is 23.6. The van der Waals surface area contributed by atoms with E-state index in [9.17, 15) is 22.4 Å². The molecule has 180 valence electrons. The fraction of sp³-hybridized carbons (Fsp3) is 0.550. The molecule has 0 atom stereocenters. The molecule has 2 heterocycles. The number of hydrogen-bond acceptors (Lipinski definition) is 7. The van der Waals surface area contributed by atoms with Gasteiger partial charge in [-0.25, -0.2) is 9.40 Å². The molecule has 33 heavy (non-hydrogen) atoms. The molecule has 1 saturated carbocycles. The number of alkyl halides is 3. The Hall–Kier alpha value is -2.44. The van der Waals surface area contributed by atoms with E-state index in [0.717, 1.165) is 6.07 Å². The molecule has 8 nitrogen and oxygen atoms in total. The molecule has 0 bridgehead atoms. The van der Waals surface area contributed by atoms with Crippen LogP contribution in [0.3, 0.4) is 0 Å². The van der Waals surface area contributed by atoms with Crippen LogP contribution in [-0.4, -0.2) is 53.3 Å². The number of benzene rings is 1. The van der Waals surface area contributed by atoms with Gasteiger partial charge in [0.1, 0.15) is 11.6 Å². The lowest BCUT2D eigenvalue weighted by Gasteiger charge is -2.33. The Balaban J connectivity index is 1.18. The van der Waals surface area contributed by atoms with Gasteiger partial charge in [-0.2, -0.15) is 0 Å². The van der Waals surface area contributed by atoms with Crippen molar-refractivity contribution in [3.8, 4) is 5.75 Å². The highest BCUT2D eigenvalue weighted by Crippen LogP contribution is 2.41. The summed E-state index contributed by atoms with van der Waals surface area (Å²) in [7, 11) is 0. The van der Waals surface area contributed by atoms with Gasteiger partial charge in [-0.1, -0.05) is 11.6 Å². The normalized spacial score (nSPS) is 22.1. The van der Waals surface area contributed by atoms with Gasteiger partial charge in [-0.15, -0.1) is 23.4 Å². The van der Waals surface area contributed by atoms with Crippen molar-refractivity contribution < 1.29 is 36.2 Å². The lowest BCUT2D eigenvalue weighted by atomic mass is 9.82. The third kappa shape index (κ3) is 6.33. The first kappa shape index (κ1) is 23.7. The molecule has 0 spiro atoms. The van der Waals surface area contributed by atoms with Crippen molar-refractivity contribution in [2.24, 2.45) is 0 Å². The molecule has 2 aromatic rings. The largest absolute Gasteiger partial charge is 0.522 e. The number of nitrogens with zero attached hydrogens (tertiary/aromatic N) is 3. The van der Waals surface area contributed by atoms with E-state index in [-0.39, 0.29) is 48.0 Å². The molecule has 1 aromatic heterocycles. The third-order valence-corrected chi connectivity index (χ3v) is 5.90. The van der Waals surface area contributed by atoms with Crippen molar-refractivity contribution in [2.45, 2.75) is 50.0 Å². The van der Waals surface area contributed by atoms with Gasteiger partial charge in [-0.3, -0.25) is 15.0 Å². The van der Waals surface area contributed by atoms with E-state index in [4.69, 9.17) is 20.8 Å². The quantitative estimate of drug-likeness (QED) is 0.586. The number of piperidine rings is 1. The molecular weight excluding hydrogens is 472 g/mol. The minimum atomic E-state index is -4.64. The number of amides is 1. The molecule has 4 rings (SSSR count). The second-order valence-corrected chi connectivity index (χ2v) is 8.40. The second kappa shape index (κ2) is 9.82. The first-order chi connectivity index (χ1) is 15.7. The molecule has 1 N–H and O–H groups in total. The van der Waals surface area contributed by atoms with E-state index in [1.54, 1.807) is 5.01 Å². The summed E-state index contributed by atoms with van der Waals surface area (Å²) in [6, 6.07) is 3.92. The van der Waals surface area contributed by atoms with Crippen molar-refractivity contribution in [2.75, 3.05) is 19.7 Å². The first-order valence-electron chi connectivity index (χ1n) is 10.4. The van der Waals surface area contributed by atoms with Crippen LogP contribution in [0.15, 0.2) is 22.6 Å². The van der Waals surface area contributed by atoms with E-state index >= 15 is 0 Å². The van der Waals surface area contributed by atoms with Gasteiger partial charge in [0.15, 0.2) is 6.61 Å². The Bertz CT molecular complexity index is 975. The number of hydrazine groups is 1. The molecule has 13 heteroatoms. The second-order valence-electron chi connectivity index (χ2n) is 7.99. The summed E-state index contributed by atoms with van der Waals surface area (Å²) in [6.07, 6.45) is -3.84. The van der Waals surface area contributed by atoms with Crippen LogP contribution in [0.5, 0.6) is 5.75 Å². The van der Waals surface area contributed by atoms with Crippen LogP contribution in [0.4, 0.5) is 17.6 Å². The minimum absolute atomic E-state index is 0.00464. The number of hydrogen-bond donors (Lipinski definition) is 1. The van der Waals surface area contributed by atoms with Crippen LogP contribution >= 0.6 is 11.6 Å². The van der Waals surface area contributed by atoms with Crippen LogP contribution in [-0.2, 0) is 9.53 Å². The highest BCUT2D eigenvalue weighted by Gasteiger charge is 2.42. The number of aromatic nitrogens is 2. The van der Waals surface area contributed by atoms with Crippen molar-refractivity contribution in [3.05, 3.63) is 40.8 Å². The van der Waals surface area contributed by atoms with Gasteiger partial charge >= 0.3 is 6.36 Å². The minimum Gasteiger partial charge on any atom is -0.484 e. The molecule has 1 amide bonds. The van der Waals surface area contributed by atoms with E-state index in [2.05, 4.69) is 20.4 Å². The van der Waals surface area contributed by atoms with Gasteiger partial charge in [-0.05, 0) is 37.8 Å². The fourth-order valence-corrected chi connectivity index (χ4v) is 3.91. The summed E-state index contributed by atoms with van der Waals surface area (Å²) in [4.78, 5) is 12.1. The van der Waals surface area contributed by atoms with Crippen LogP contribution in [0.25, 0.3) is 0 Å². The summed E-state index contributed by atoms with van der Waals surface area (Å²) in [5.41, 5.74) is 2.73. The summed E-state index contributed by atoms with van der Waals surface area (Å²) >= 11 is 5.61. The van der Waals surface area contributed by atoms with Crippen LogP contribution in [0.2, 0.25) is 5.02 Å². The number of halogens is 5. The number of carbonyl (C=O) groups excluding carboxylic acids is 1. The van der Waals surface area contributed by atoms with E-state index in [1.165, 1.54) is 12.1 Å². The molecule has 1 saturated heterocycles. The lowest BCUT2D eigenvalue weighted by Crippen LogP contribution is -2.47. The lowest BCUT2D eigenvalue weighted by molar-refractivity contribution is -0.352. The van der Waals surface area contributed by atoms with Crippen LogP contribution < -0.4 is 10.2 Å². The maximum atomic E-state index is 13.4. The first-order valence-corrected chi connectivity index (χ1v) is 10.7. The number of ether oxygens (including phenoxy) is 2. The highest BCUT2D eigenvalue weighted by molar-refractivity contribution is 6.30. The third-order valence-electron chi connectivity index (χ3n) is 5.59. The van der Waals surface area contributed by atoms with Crippen molar-refractivity contribution in [3.63, 3.8) is 0 Å². The Morgan fingerprint density at radius 1 is 1.18 bits per heavy atom. The predicted molar refractivity (Wildman–Crippen MR) is 106 cm³/mol. The zero-order valence-electron chi connectivity index (χ0n) is 17.3. The van der Waals surface area contributed by atoms with E-state index < -0.39 is 18.3 Å². The maximum Gasteiger partial charge on any atom is 0.522 e. The number of rotatable bonds is 7. The topological polar surface area (TPSA) is 89.7 Å². The molecule has 2 aliphatic rings. The smallest absolute Gasteiger partial charge is 0.484 e. The van der Waals surface area contributed by atoms with E-state index in [0.29, 0.717) is 37.7 Å². The van der Waals surface area contributed by atoms with E-state index in [1.807, 2.05) is 0 Å². The molecule has 0 radical (unpaired) electrons.